The maximum Gasteiger partial charge on any atom is 0.272 e. The van der Waals surface area contributed by atoms with Crippen LogP contribution < -0.4 is 0 Å². The second-order valence-electron chi connectivity index (χ2n) is 1.58. The first kappa shape index (κ1) is 7.17. The predicted octanol–water partition coefficient (Wildman–Crippen LogP) is 0.361. The van der Waals surface area contributed by atoms with E-state index in [4.69, 9.17) is 13.9 Å². The van der Waals surface area contributed by atoms with E-state index >= 15 is 0 Å². The van der Waals surface area contributed by atoms with Crippen molar-refractivity contribution in [2.24, 2.45) is 0 Å². The maximum atomic E-state index is 4.83. The van der Waals surface area contributed by atoms with Crippen LogP contribution in [0.15, 0.2) is 10.8 Å². The van der Waals surface area contributed by atoms with Crippen molar-refractivity contribution in [1.29, 1.82) is 0 Å². The summed E-state index contributed by atoms with van der Waals surface area (Å²) in [4.78, 5) is 0. The van der Waals surface area contributed by atoms with Crippen molar-refractivity contribution in [3.8, 4) is 0 Å². The highest BCUT2D eigenvalue weighted by atomic mass is 16.7. The average Bonchev–Trinajstić information content (AvgIpc) is 2.43. The molecule has 1 rings (SSSR count). The first-order valence-electron chi connectivity index (χ1n) is 2.70. The van der Waals surface area contributed by atoms with E-state index in [9.17, 15) is 0 Å². The minimum atomic E-state index is -0.553. The van der Waals surface area contributed by atoms with Crippen LogP contribution in [-0.2, 0) is 9.47 Å². The standard InChI is InChI=1S/C5H8N2O3/c1-8-5(9-2)4-7-6-3-10-4/h3,5H,1-2H3. The van der Waals surface area contributed by atoms with Gasteiger partial charge in [0.2, 0.25) is 12.7 Å². The molecule has 0 bridgehead atoms. The van der Waals surface area contributed by atoms with Crippen LogP contribution in [0.2, 0.25) is 0 Å². The van der Waals surface area contributed by atoms with Gasteiger partial charge in [-0.2, -0.15) is 0 Å². The minimum Gasteiger partial charge on any atom is -0.423 e. The van der Waals surface area contributed by atoms with Crippen LogP contribution in [-0.4, -0.2) is 24.4 Å². The van der Waals surface area contributed by atoms with Gasteiger partial charge in [0.1, 0.15) is 0 Å². The molecule has 0 aliphatic carbocycles. The molecular weight excluding hydrogens is 136 g/mol. The Labute approximate surface area is 58.0 Å². The molecule has 1 heterocycles. The van der Waals surface area contributed by atoms with Crippen molar-refractivity contribution < 1.29 is 13.9 Å². The molecule has 5 nitrogen and oxygen atoms in total. The fourth-order valence-electron chi connectivity index (χ4n) is 0.582. The number of hydrogen-bond donors (Lipinski definition) is 0. The number of rotatable bonds is 3. The van der Waals surface area contributed by atoms with Gasteiger partial charge in [0.15, 0.2) is 0 Å². The first-order chi connectivity index (χ1) is 4.88. The van der Waals surface area contributed by atoms with Crippen LogP contribution in [0.4, 0.5) is 0 Å². The Kier molecular flexibility index (Phi) is 2.35. The van der Waals surface area contributed by atoms with Crippen molar-refractivity contribution in [2.75, 3.05) is 14.2 Å². The highest BCUT2D eigenvalue weighted by Gasteiger charge is 2.13. The van der Waals surface area contributed by atoms with E-state index in [1.165, 1.54) is 20.6 Å². The second-order valence-corrected chi connectivity index (χ2v) is 1.58. The Balaban J connectivity index is 2.64. The molecule has 0 saturated carbocycles. The molecule has 0 N–H and O–H groups in total. The van der Waals surface area contributed by atoms with Gasteiger partial charge in [0, 0.05) is 14.2 Å². The third-order valence-corrected chi connectivity index (χ3v) is 1.01. The lowest BCUT2D eigenvalue weighted by Gasteiger charge is -2.06. The zero-order valence-electron chi connectivity index (χ0n) is 5.77. The predicted molar refractivity (Wildman–Crippen MR) is 31.1 cm³/mol. The SMILES string of the molecule is COC(OC)c1nnco1. The average molecular weight is 144 g/mol. The Morgan fingerprint density at radius 3 is 2.60 bits per heavy atom. The summed E-state index contributed by atoms with van der Waals surface area (Å²) in [7, 11) is 3.00. The Morgan fingerprint density at radius 1 is 1.50 bits per heavy atom. The molecule has 0 aromatic carbocycles. The van der Waals surface area contributed by atoms with Gasteiger partial charge >= 0.3 is 0 Å². The van der Waals surface area contributed by atoms with Crippen LogP contribution in [0, 0.1) is 0 Å². The topological polar surface area (TPSA) is 57.4 Å². The molecule has 0 saturated heterocycles. The third kappa shape index (κ3) is 1.31. The molecule has 0 unspecified atom stereocenters. The van der Waals surface area contributed by atoms with E-state index in [0.717, 1.165) is 0 Å². The number of aromatic nitrogens is 2. The van der Waals surface area contributed by atoms with Gasteiger partial charge in [-0.1, -0.05) is 0 Å². The van der Waals surface area contributed by atoms with Crippen molar-refractivity contribution in [1.82, 2.24) is 10.2 Å². The second kappa shape index (κ2) is 3.28. The fraction of sp³-hybridized carbons (Fsp3) is 0.600. The summed E-state index contributed by atoms with van der Waals surface area (Å²) >= 11 is 0. The first-order valence-corrected chi connectivity index (χ1v) is 2.70. The third-order valence-electron chi connectivity index (χ3n) is 1.01. The number of ether oxygens (including phenoxy) is 2. The Morgan fingerprint density at radius 2 is 2.20 bits per heavy atom. The van der Waals surface area contributed by atoms with Gasteiger partial charge in [-0.25, -0.2) is 0 Å². The molecule has 1 aromatic rings. The van der Waals surface area contributed by atoms with Gasteiger partial charge in [-0.3, -0.25) is 0 Å². The Bertz CT molecular complexity index is 171. The fourth-order valence-corrected chi connectivity index (χ4v) is 0.582. The van der Waals surface area contributed by atoms with Crippen molar-refractivity contribution >= 4 is 0 Å². The summed E-state index contributed by atoms with van der Waals surface area (Å²) in [5.41, 5.74) is 0. The van der Waals surface area contributed by atoms with Gasteiger partial charge in [0.05, 0.1) is 0 Å². The van der Waals surface area contributed by atoms with E-state index in [1.54, 1.807) is 0 Å². The molecule has 0 spiro atoms. The van der Waals surface area contributed by atoms with E-state index < -0.39 is 6.29 Å². The van der Waals surface area contributed by atoms with E-state index in [-0.39, 0.29) is 0 Å². The van der Waals surface area contributed by atoms with Crippen LogP contribution >= 0.6 is 0 Å². The molecule has 10 heavy (non-hydrogen) atoms. The quantitative estimate of drug-likeness (QED) is 0.573. The van der Waals surface area contributed by atoms with Crippen molar-refractivity contribution in [2.45, 2.75) is 6.29 Å². The lowest BCUT2D eigenvalue weighted by atomic mass is 10.6. The van der Waals surface area contributed by atoms with Gasteiger partial charge in [0.25, 0.3) is 5.89 Å². The molecule has 0 aliphatic heterocycles. The summed E-state index contributed by atoms with van der Waals surface area (Å²) in [6.07, 6.45) is 0.669. The zero-order chi connectivity index (χ0) is 7.40. The number of hydrogen-bond acceptors (Lipinski definition) is 5. The van der Waals surface area contributed by atoms with E-state index in [2.05, 4.69) is 10.2 Å². The van der Waals surface area contributed by atoms with Gasteiger partial charge in [-0.05, 0) is 0 Å². The Hall–Kier alpha value is -0.940. The highest BCUT2D eigenvalue weighted by molar-refractivity contribution is 4.74. The normalized spacial score (nSPS) is 10.7. The molecular formula is C5H8N2O3. The van der Waals surface area contributed by atoms with Crippen LogP contribution in [0.5, 0.6) is 0 Å². The largest absolute Gasteiger partial charge is 0.423 e. The molecule has 0 radical (unpaired) electrons. The smallest absolute Gasteiger partial charge is 0.272 e. The molecule has 1 aromatic heterocycles. The molecule has 56 valence electrons. The molecule has 0 fully saturated rings. The number of nitrogens with zero attached hydrogens (tertiary/aromatic N) is 2. The lowest BCUT2D eigenvalue weighted by Crippen LogP contribution is -2.03. The summed E-state index contributed by atoms with van der Waals surface area (Å²) in [5, 5.41) is 7.05. The molecule has 0 amide bonds. The summed E-state index contributed by atoms with van der Waals surface area (Å²) in [6, 6.07) is 0. The van der Waals surface area contributed by atoms with Crippen molar-refractivity contribution in [3.05, 3.63) is 12.3 Å². The molecule has 5 heteroatoms. The highest BCUT2D eigenvalue weighted by Crippen LogP contribution is 2.12. The maximum absolute atomic E-state index is 4.83. The van der Waals surface area contributed by atoms with Gasteiger partial charge in [-0.15, -0.1) is 10.2 Å². The summed E-state index contributed by atoms with van der Waals surface area (Å²) in [6.45, 7) is 0. The van der Waals surface area contributed by atoms with E-state index in [0.29, 0.717) is 5.89 Å². The molecule has 0 atom stereocenters. The summed E-state index contributed by atoms with van der Waals surface area (Å²) in [5.74, 6) is 0.324. The van der Waals surface area contributed by atoms with Crippen LogP contribution in [0.3, 0.4) is 0 Å². The van der Waals surface area contributed by atoms with Gasteiger partial charge < -0.3 is 13.9 Å². The molecule has 0 aliphatic rings. The van der Waals surface area contributed by atoms with Crippen molar-refractivity contribution in [3.63, 3.8) is 0 Å². The minimum absolute atomic E-state index is 0.324. The lowest BCUT2D eigenvalue weighted by molar-refractivity contribution is -0.121. The summed E-state index contributed by atoms with van der Waals surface area (Å²) < 4.78 is 14.5. The van der Waals surface area contributed by atoms with E-state index in [1.807, 2.05) is 0 Å². The number of methoxy groups -OCH3 is 2. The van der Waals surface area contributed by atoms with Crippen LogP contribution in [0.25, 0.3) is 0 Å². The van der Waals surface area contributed by atoms with Crippen LogP contribution in [0.1, 0.15) is 12.2 Å². The zero-order valence-corrected chi connectivity index (χ0v) is 5.77. The monoisotopic (exact) mass is 144 g/mol.